The first-order valence-corrected chi connectivity index (χ1v) is 3.23. The van der Waals surface area contributed by atoms with Gasteiger partial charge in [0.1, 0.15) is 0 Å². The van der Waals surface area contributed by atoms with E-state index in [-0.39, 0.29) is 0 Å². The maximum Gasteiger partial charge on any atom is 0.249 e. The zero-order valence-electron chi connectivity index (χ0n) is 5.23. The quantitative estimate of drug-likeness (QED) is 0.499. The largest absolute Gasteiger partial charge is 0.340 e. The summed E-state index contributed by atoms with van der Waals surface area (Å²) in [6.07, 6.45) is 0.979. The molecule has 0 amide bonds. The highest BCUT2D eigenvalue weighted by Crippen LogP contribution is 2.35. The summed E-state index contributed by atoms with van der Waals surface area (Å²) < 4.78 is 0. The molecule has 1 aromatic rings. The van der Waals surface area contributed by atoms with Crippen molar-refractivity contribution in [3.63, 3.8) is 0 Å². The van der Waals surface area contributed by atoms with Crippen LogP contribution in [0.2, 0.25) is 0 Å². The molecule has 10 heavy (non-hydrogen) atoms. The third kappa shape index (κ3) is 0.409. The lowest BCUT2D eigenvalue weighted by molar-refractivity contribution is 1.07. The van der Waals surface area contributed by atoms with Crippen LogP contribution >= 0.6 is 0 Å². The second-order valence-electron chi connectivity index (χ2n) is 2.55. The Balaban J connectivity index is 2.38. The van der Waals surface area contributed by atoms with Gasteiger partial charge in [-0.3, -0.25) is 0 Å². The fourth-order valence-electron chi connectivity index (χ4n) is 1.37. The van der Waals surface area contributed by atoms with Crippen molar-refractivity contribution in [2.45, 2.75) is 0 Å². The van der Waals surface area contributed by atoms with Gasteiger partial charge in [-0.2, -0.15) is 0 Å². The average molecular weight is 132 g/mol. The minimum absolute atomic E-state index is 0.979. The van der Waals surface area contributed by atoms with Crippen LogP contribution in [-0.4, -0.2) is 0 Å². The van der Waals surface area contributed by atoms with Crippen LogP contribution in [0.1, 0.15) is 0 Å². The van der Waals surface area contributed by atoms with Crippen molar-refractivity contribution in [3.8, 4) is 0 Å². The van der Waals surface area contributed by atoms with E-state index in [0.29, 0.717) is 0 Å². The Morgan fingerprint density at radius 1 is 0.700 bits per heavy atom. The van der Waals surface area contributed by atoms with Gasteiger partial charge >= 0.3 is 0 Å². The average Bonchev–Trinajstić information content (AvgIpc) is 1.82. The Hall–Kier alpha value is -1.38. The van der Waals surface area contributed by atoms with Crippen molar-refractivity contribution in [1.29, 1.82) is 0 Å². The van der Waals surface area contributed by atoms with Crippen LogP contribution in [0.4, 0.5) is 17.1 Å². The molecule has 0 spiro atoms. The van der Waals surface area contributed by atoms with E-state index in [1.807, 2.05) is 0 Å². The number of anilines is 3. The Morgan fingerprint density at radius 2 is 1.10 bits per heavy atom. The van der Waals surface area contributed by atoms with E-state index in [0.717, 1.165) is 6.29 Å². The highest BCUT2D eigenvalue weighted by atomic mass is 15.3. The molecule has 3 heterocycles. The van der Waals surface area contributed by atoms with Gasteiger partial charge < -0.3 is 16.0 Å². The molecule has 3 nitrogen and oxygen atoms in total. The van der Waals surface area contributed by atoms with Gasteiger partial charge in [0.05, 0.1) is 0 Å². The van der Waals surface area contributed by atoms with E-state index in [1.54, 1.807) is 0 Å². The molecule has 3 heteroatoms. The van der Waals surface area contributed by atoms with Crippen LogP contribution in [0.25, 0.3) is 0 Å². The normalized spacial score (nSPS) is 18.0. The molecule has 3 N–H and O–H groups in total. The third-order valence-electron chi connectivity index (χ3n) is 1.74. The number of benzene rings is 1. The van der Waals surface area contributed by atoms with Crippen LogP contribution in [0.3, 0.4) is 0 Å². The molecule has 0 atom stereocenters. The van der Waals surface area contributed by atoms with Gasteiger partial charge in [-0.15, -0.1) is 0 Å². The summed E-state index contributed by atoms with van der Waals surface area (Å²) in [5, 5.41) is 9.46. The van der Waals surface area contributed by atoms with Gasteiger partial charge in [-0.25, -0.2) is 0 Å². The van der Waals surface area contributed by atoms with Crippen LogP contribution in [-0.2, 0) is 0 Å². The van der Waals surface area contributed by atoms with Gasteiger partial charge in [0.15, 0.2) is 0 Å². The summed E-state index contributed by atoms with van der Waals surface area (Å²) in [7, 11) is 0. The molecule has 0 fully saturated rings. The summed E-state index contributed by atoms with van der Waals surface area (Å²) >= 11 is 0. The first-order valence-electron chi connectivity index (χ1n) is 3.23. The van der Waals surface area contributed by atoms with Crippen LogP contribution in [0.5, 0.6) is 0 Å². The van der Waals surface area contributed by atoms with E-state index >= 15 is 0 Å². The molecule has 3 aliphatic rings. The number of hydrogen-bond donors (Lipinski definition) is 3. The fraction of sp³-hybridized carbons (Fsp3) is 0. The van der Waals surface area contributed by atoms with Gasteiger partial charge in [0, 0.05) is 17.1 Å². The summed E-state index contributed by atoms with van der Waals surface area (Å²) in [5.41, 5.74) is 3.50. The van der Waals surface area contributed by atoms with Crippen LogP contribution in [0, 0.1) is 6.29 Å². The van der Waals surface area contributed by atoms with Gasteiger partial charge in [-0.05, 0) is 18.2 Å². The minimum atomic E-state index is 0.979. The molecule has 0 saturated heterocycles. The standard InChI is InChI=1S/C7H6N3/c1-4-2-6-3-5(1)9-7(8-4)10-6/h1-3,8-10H. The molecule has 1 aromatic carbocycles. The van der Waals surface area contributed by atoms with E-state index in [2.05, 4.69) is 34.1 Å². The van der Waals surface area contributed by atoms with Crippen molar-refractivity contribution < 1.29 is 0 Å². The first-order chi connectivity index (χ1) is 4.90. The Bertz CT molecular complexity index is 235. The summed E-state index contributed by atoms with van der Waals surface area (Å²) in [4.78, 5) is 0. The lowest BCUT2D eigenvalue weighted by Gasteiger charge is -2.33. The van der Waals surface area contributed by atoms with Gasteiger partial charge in [0.2, 0.25) is 6.29 Å². The smallest absolute Gasteiger partial charge is 0.249 e. The fourth-order valence-corrected chi connectivity index (χ4v) is 1.37. The Morgan fingerprint density at radius 3 is 1.40 bits per heavy atom. The molecule has 1 radical (unpaired) electrons. The highest BCUT2D eigenvalue weighted by molar-refractivity contribution is 5.79. The molecule has 3 aliphatic heterocycles. The second kappa shape index (κ2) is 1.21. The predicted molar refractivity (Wildman–Crippen MR) is 40.6 cm³/mol. The molecule has 0 aliphatic carbocycles. The Kier molecular flexibility index (Phi) is 0.537. The molecular weight excluding hydrogens is 126 g/mol. The van der Waals surface area contributed by atoms with Crippen molar-refractivity contribution in [3.05, 3.63) is 24.5 Å². The van der Waals surface area contributed by atoms with Crippen molar-refractivity contribution in [2.75, 3.05) is 16.0 Å². The number of rotatable bonds is 0. The lowest BCUT2D eigenvalue weighted by atomic mass is 10.1. The third-order valence-corrected chi connectivity index (χ3v) is 1.74. The summed E-state index contributed by atoms with van der Waals surface area (Å²) in [6.45, 7) is 0. The molecule has 4 bridgehead atoms. The minimum Gasteiger partial charge on any atom is -0.340 e. The van der Waals surface area contributed by atoms with E-state index in [9.17, 15) is 0 Å². The first kappa shape index (κ1) is 4.44. The molecule has 0 unspecified atom stereocenters. The van der Waals surface area contributed by atoms with Gasteiger partial charge in [-0.1, -0.05) is 0 Å². The summed E-state index contributed by atoms with van der Waals surface area (Å²) in [6, 6.07) is 6.23. The zero-order valence-corrected chi connectivity index (χ0v) is 5.23. The topological polar surface area (TPSA) is 36.1 Å². The van der Waals surface area contributed by atoms with Crippen molar-refractivity contribution in [1.82, 2.24) is 0 Å². The van der Waals surface area contributed by atoms with Crippen molar-refractivity contribution >= 4 is 17.1 Å². The molecule has 49 valence electrons. The van der Waals surface area contributed by atoms with Crippen LogP contribution in [0.15, 0.2) is 18.2 Å². The molecule has 0 aromatic heterocycles. The predicted octanol–water partition coefficient (Wildman–Crippen LogP) is 1.40. The molecule has 4 rings (SSSR count). The van der Waals surface area contributed by atoms with E-state index in [4.69, 9.17) is 0 Å². The lowest BCUT2D eigenvalue weighted by Crippen LogP contribution is -2.34. The van der Waals surface area contributed by atoms with E-state index < -0.39 is 0 Å². The van der Waals surface area contributed by atoms with E-state index in [1.165, 1.54) is 17.1 Å². The molecule has 0 saturated carbocycles. The second-order valence-corrected chi connectivity index (χ2v) is 2.55. The highest BCUT2D eigenvalue weighted by Gasteiger charge is 2.22. The van der Waals surface area contributed by atoms with Crippen LogP contribution < -0.4 is 16.0 Å². The van der Waals surface area contributed by atoms with Crippen molar-refractivity contribution in [2.24, 2.45) is 0 Å². The molecular formula is C7H6N3. The maximum absolute atomic E-state index is 3.15. The SMILES string of the molecule is c1c2cc3cc1N[C](N2)N3. The number of nitrogens with one attached hydrogen (secondary N) is 3. The Labute approximate surface area is 58.4 Å². The number of hydrogen-bond acceptors (Lipinski definition) is 3. The summed E-state index contributed by atoms with van der Waals surface area (Å²) in [5.74, 6) is 0. The monoisotopic (exact) mass is 132 g/mol. The van der Waals surface area contributed by atoms with Gasteiger partial charge in [0.25, 0.3) is 0 Å². The zero-order chi connectivity index (χ0) is 6.55. The maximum atomic E-state index is 3.15.